The van der Waals surface area contributed by atoms with Crippen molar-refractivity contribution in [1.29, 1.82) is 0 Å². The molecule has 0 aliphatic heterocycles. The number of benzene rings is 1. The lowest BCUT2D eigenvalue weighted by atomic mass is 10.1. The Hall–Kier alpha value is -4.67. The van der Waals surface area contributed by atoms with Crippen LogP contribution in [0, 0.1) is 18.8 Å². The zero-order chi connectivity index (χ0) is 25.1. The summed E-state index contributed by atoms with van der Waals surface area (Å²) in [7, 11) is 1.74. The molecule has 4 heterocycles. The van der Waals surface area contributed by atoms with E-state index in [0.717, 1.165) is 33.8 Å². The van der Waals surface area contributed by atoms with Gasteiger partial charge in [0, 0.05) is 35.4 Å². The van der Waals surface area contributed by atoms with Crippen molar-refractivity contribution in [3.63, 3.8) is 0 Å². The molecule has 0 bridgehead atoms. The number of nitrogens with zero attached hydrogens (tertiary/aromatic N) is 4. The first-order chi connectivity index (χ1) is 17.5. The molecule has 1 unspecified atom stereocenters. The summed E-state index contributed by atoms with van der Waals surface area (Å²) < 4.78 is 4.08. The van der Waals surface area contributed by atoms with E-state index in [1.54, 1.807) is 20.0 Å². The summed E-state index contributed by atoms with van der Waals surface area (Å²) in [6.07, 6.45) is 5.99. The highest BCUT2D eigenvalue weighted by Gasteiger charge is 2.17. The van der Waals surface area contributed by atoms with Crippen molar-refractivity contribution in [2.45, 2.75) is 19.9 Å². The van der Waals surface area contributed by atoms with Crippen LogP contribution in [0.5, 0.6) is 0 Å². The minimum absolute atomic E-state index is 0.164. The number of aryl methyl sites for hydroxylation is 1. The molecular weight excluding hydrogens is 448 g/mol. The van der Waals surface area contributed by atoms with Crippen LogP contribution in [0.1, 0.15) is 23.9 Å². The van der Waals surface area contributed by atoms with Crippen molar-refractivity contribution in [3.05, 3.63) is 102 Å². The van der Waals surface area contributed by atoms with Gasteiger partial charge in [-0.3, -0.25) is 9.20 Å². The number of carbonyl (C=O) groups excluding carboxylic acids is 1. The molecular formula is C29H26N6O. The standard InChI is InChI=1S/C29H26N6O/c1-20-28(35-19-5-4-8-27(35)31-20)24-14-16-26(33-29(36)21(2)30-3)32-25(24)15-11-22-9-12-23(13-10-22)34-17-6-7-18-34/h4-10,12-14,16-19,21,30H,1-3H3,(H,32,33,36). The van der Waals surface area contributed by atoms with Crippen LogP contribution in [0.4, 0.5) is 5.82 Å². The number of nitrogens with one attached hydrogen (secondary N) is 2. The summed E-state index contributed by atoms with van der Waals surface area (Å²) in [4.78, 5) is 21.9. The molecule has 0 radical (unpaired) electrons. The average Bonchev–Trinajstić information content (AvgIpc) is 3.55. The molecule has 5 aromatic rings. The fourth-order valence-electron chi connectivity index (χ4n) is 3.97. The molecule has 1 atom stereocenters. The van der Waals surface area contributed by atoms with Gasteiger partial charge in [0.2, 0.25) is 5.91 Å². The lowest BCUT2D eigenvalue weighted by Crippen LogP contribution is -2.35. The van der Waals surface area contributed by atoms with Gasteiger partial charge in [0.1, 0.15) is 17.2 Å². The number of hydrogen-bond acceptors (Lipinski definition) is 4. The van der Waals surface area contributed by atoms with E-state index in [-0.39, 0.29) is 11.9 Å². The number of likely N-dealkylation sites (N-methyl/N-ethyl adjacent to an activating group) is 1. The Morgan fingerprint density at radius 2 is 1.67 bits per heavy atom. The summed E-state index contributed by atoms with van der Waals surface area (Å²) in [5.41, 5.74) is 6.00. The number of hydrogen-bond donors (Lipinski definition) is 2. The summed E-state index contributed by atoms with van der Waals surface area (Å²) >= 11 is 0. The summed E-state index contributed by atoms with van der Waals surface area (Å²) in [6.45, 7) is 3.77. The first-order valence-electron chi connectivity index (χ1n) is 11.7. The molecule has 7 heteroatoms. The maximum atomic E-state index is 12.4. The third-order valence-electron chi connectivity index (χ3n) is 6.03. The zero-order valence-corrected chi connectivity index (χ0v) is 20.4. The number of aromatic nitrogens is 4. The van der Waals surface area contributed by atoms with Crippen LogP contribution in [-0.4, -0.2) is 37.9 Å². The monoisotopic (exact) mass is 474 g/mol. The Morgan fingerprint density at radius 3 is 2.42 bits per heavy atom. The molecule has 2 N–H and O–H groups in total. The molecule has 178 valence electrons. The fourth-order valence-corrected chi connectivity index (χ4v) is 3.97. The minimum atomic E-state index is -0.346. The van der Waals surface area contributed by atoms with Crippen molar-refractivity contribution >= 4 is 17.4 Å². The van der Waals surface area contributed by atoms with Gasteiger partial charge >= 0.3 is 0 Å². The van der Waals surface area contributed by atoms with Gasteiger partial charge in [-0.1, -0.05) is 12.0 Å². The van der Waals surface area contributed by atoms with E-state index < -0.39 is 0 Å². The Labute approximate surface area is 209 Å². The number of pyridine rings is 2. The third kappa shape index (κ3) is 4.63. The van der Waals surface area contributed by atoms with E-state index in [4.69, 9.17) is 9.97 Å². The van der Waals surface area contributed by atoms with Crippen LogP contribution in [0.25, 0.3) is 22.6 Å². The number of rotatable bonds is 5. The predicted molar refractivity (Wildman–Crippen MR) is 142 cm³/mol. The summed E-state index contributed by atoms with van der Waals surface area (Å²) in [6, 6.07) is 21.3. The van der Waals surface area contributed by atoms with E-state index in [9.17, 15) is 4.79 Å². The second-order valence-electron chi connectivity index (χ2n) is 8.45. The van der Waals surface area contributed by atoms with E-state index >= 15 is 0 Å². The lowest BCUT2D eigenvalue weighted by Gasteiger charge is -2.12. The Morgan fingerprint density at radius 1 is 0.917 bits per heavy atom. The van der Waals surface area contributed by atoms with Crippen molar-refractivity contribution in [1.82, 2.24) is 24.3 Å². The van der Waals surface area contributed by atoms with Crippen molar-refractivity contribution in [2.75, 3.05) is 12.4 Å². The molecule has 1 amide bonds. The molecule has 5 rings (SSSR count). The third-order valence-corrected chi connectivity index (χ3v) is 6.03. The number of carbonyl (C=O) groups is 1. The second-order valence-corrected chi connectivity index (χ2v) is 8.45. The first-order valence-corrected chi connectivity index (χ1v) is 11.7. The van der Waals surface area contributed by atoms with Crippen LogP contribution in [0.3, 0.4) is 0 Å². The van der Waals surface area contributed by atoms with Gasteiger partial charge in [-0.05, 0) is 87.5 Å². The van der Waals surface area contributed by atoms with Crippen molar-refractivity contribution < 1.29 is 4.79 Å². The highest BCUT2D eigenvalue weighted by molar-refractivity contribution is 5.94. The van der Waals surface area contributed by atoms with Crippen LogP contribution < -0.4 is 10.6 Å². The smallest absolute Gasteiger partial charge is 0.242 e. The quantitative estimate of drug-likeness (QED) is 0.369. The van der Waals surface area contributed by atoms with Gasteiger partial charge in [-0.15, -0.1) is 0 Å². The van der Waals surface area contributed by atoms with E-state index in [2.05, 4.69) is 22.5 Å². The van der Waals surface area contributed by atoms with E-state index in [1.165, 1.54) is 0 Å². The highest BCUT2D eigenvalue weighted by Crippen LogP contribution is 2.28. The highest BCUT2D eigenvalue weighted by atomic mass is 16.2. The van der Waals surface area contributed by atoms with Gasteiger partial charge in [-0.2, -0.15) is 0 Å². The number of anilines is 1. The van der Waals surface area contributed by atoms with Crippen LogP contribution >= 0.6 is 0 Å². The second kappa shape index (κ2) is 9.90. The number of imidazole rings is 1. The molecule has 0 fully saturated rings. The average molecular weight is 475 g/mol. The molecule has 0 aliphatic rings. The van der Waals surface area contributed by atoms with Crippen molar-refractivity contribution in [3.8, 4) is 28.8 Å². The molecule has 0 aliphatic carbocycles. The minimum Gasteiger partial charge on any atom is -0.324 e. The Kier molecular flexibility index (Phi) is 6.35. The fraction of sp³-hybridized carbons (Fsp3) is 0.138. The SMILES string of the molecule is CNC(C)C(=O)Nc1ccc(-c2c(C)nc3ccccn23)c(C#Cc2ccc(-n3cccc3)cc2)n1. The Bertz CT molecular complexity index is 1590. The first kappa shape index (κ1) is 23.1. The van der Waals surface area contributed by atoms with Gasteiger partial charge in [0.25, 0.3) is 0 Å². The van der Waals surface area contributed by atoms with E-state index in [1.807, 2.05) is 95.1 Å². The van der Waals surface area contributed by atoms with E-state index in [0.29, 0.717) is 11.5 Å². The maximum Gasteiger partial charge on any atom is 0.242 e. The summed E-state index contributed by atoms with van der Waals surface area (Å²) in [5.74, 6) is 6.77. The van der Waals surface area contributed by atoms with Gasteiger partial charge in [-0.25, -0.2) is 9.97 Å². The van der Waals surface area contributed by atoms with Gasteiger partial charge in [0.05, 0.1) is 17.4 Å². The number of fused-ring (bicyclic) bond motifs is 1. The summed E-state index contributed by atoms with van der Waals surface area (Å²) in [5, 5.41) is 5.81. The molecule has 36 heavy (non-hydrogen) atoms. The lowest BCUT2D eigenvalue weighted by molar-refractivity contribution is -0.117. The predicted octanol–water partition coefficient (Wildman–Crippen LogP) is 4.44. The van der Waals surface area contributed by atoms with Crippen molar-refractivity contribution in [2.24, 2.45) is 0 Å². The molecule has 4 aromatic heterocycles. The largest absolute Gasteiger partial charge is 0.324 e. The molecule has 1 aromatic carbocycles. The van der Waals surface area contributed by atoms with Crippen LogP contribution in [0.2, 0.25) is 0 Å². The zero-order valence-electron chi connectivity index (χ0n) is 20.4. The normalized spacial score (nSPS) is 11.6. The van der Waals surface area contributed by atoms with Crippen LogP contribution in [0.15, 0.2) is 85.3 Å². The molecule has 0 spiro atoms. The molecule has 0 saturated carbocycles. The van der Waals surface area contributed by atoms with Crippen LogP contribution in [-0.2, 0) is 4.79 Å². The van der Waals surface area contributed by atoms with Gasteiger partial charge in [0.15, 0.2) is 0 Å². The number of amides is 1. The van der Waals surface area contributed by atoms with Gasteiger partial charge < -0.3 is 15.2 Å². The topological polar surface area (TPSA) is 76.2 Å². The molecule has 7 nitrogen and oxygen atoms in total. The molecule has 0 saturated heterocycles. The maximum absolute atomic E-state index is 12.4. The Balaban J connectivity index is 1.56.